The third kappa shape index (κ3) is 10.0. The fourth-order valence-corrected chi connectivity index (χ4v) is 31.2. The second kappa shape index (κ2) is 19.1. The Morgan fingerprint density at radius 1 is 0.404 bits per heavy atom. The predicted molar refractivity (Wildman–Crippen MR) is 216 cm³/mol. The number of rotatable bonds is 19. The topological polar surface area (TPSA) is 106 Å². The van der Waals surface area contributed by atoms with Crippen molar-refractivity contribution in [2.45, 2.75) is 0 Å². The molecular formula is C25H75N16OP5. The van der Waals surface area contributed by atoms with Crippen molar-refractivity contribution in [2.24, 2.45) is 18.1 Å². The van der Waals surface area contributed by atoms with E-state index in [0.717, 1.165) is 0 Å². The minimum atomic E-state index is -3.95. The maximum absolute atomic E-state index is 6.11. The molecule has 0 aliphatic carbocycles. The first-order valence-corrected chi connectivity index (χ1v) is 23.7. The molecule has 0 amide bonds. The summed E-state index contributed by atoms with van der Waals surface area (Å²) in [7, 11) is 33.5. The fraction of sp³-hybridized carbons (Fsp3) is 1.00. The normalized spacial score (nSPS) is 14.9. The van der Waals surface area contributed by atoms with E-state index in [2.05, 4.69) is 212 Å². The average molecular weight is 771 g/mol. The van der Waals surface area contributed by atoms with E-state index < -0.39 is 37.9 Å². The SMILES string of the molecule is COCCNP(=N[PH](N=P(N(C)C)(N(C)C)N(C)C)(N=P(N(C)C)(N(C)C)N(C)C)N=P(N(C)C)(N(C)C)N(C)C)(N(C)C)N(C)C. The van der Waals surface area contributed by atoms with Crippen molar-refractivity contribution >= 4 is 37.9 Å². The molecule has 0 aromatic carbocycles. The van der Waals surface area contributed by atoms with Crippen molar-refractivity contribution in [3.05, 3.63) is 0 Å². The Kier molecular flexibility index (Phi) is 19.4. The van der Waals surface area contributed by atoms with Crippen LogP contribution in [0.15, 0.2) is 18.1 Å². The van der Waals surface area contributed by atoms with Gasteiger partial charge in [-0.3, -0.25) is 0 Å². The predicted octanol–water partition coefficient (Wildman–Crippen LogP) is 4.59. The molecule has 0 heterocycles. The summed E-state index contributed by atoms with van der Waals surface area (Å²) in [6.45, 7) is 1.14. The van der Waals surface area contributed by atoms with Crippen LogP contribution >= 0.6 is 37.9 Å². The summed E-state index contributed by atoms with van der Waals surface area (Å²) < 4.78 is 54.5. The molecule has 0 fully saturated rings. The van der Waals surface area contributed by atoms with Gasteiger partial charge >= 0.3 is 292 Å². The summed E-state index contributed by atoms with van der Waals surface area (Å²) >= 11 is 0. The van der Waals surface area contributed by atoms with Gasteiger partial charge in [0.15, 0.2) is 0 Å². The van der Waals surface area contributed by atoms with Gasteiger partial charge in [-0.2, -0.15) is 0 Å². The van der Waals surface area contributed by atoms with E-state index in [9.17, 15) is 0 Å². The average Bonchev–Trinajstić information content (AvgIpc) is 2.90. The third-order valence-corrected chi connectivity index (χ3v) is 28.8. The van der Waals surface area contributed by atoms with Gasteiger partial charge in [-0.15, -0.1) is 0 Å². The number of hydrogen-bond acceptors (Lipinski definition) is 5. The Hall–Kier alpha value is 0.830. The van der Waals surface area contributed by atoms with Gasteiger partial charge < -0.3 is 0 Å². The second-order valence-electron chi connectivity index (χ2n) is 13.4. The van der Waals surface area contributed by atoms with Crippen molar-refractivity contribution in [1.82, 2.24) is 56.5 Å². The van der Waals surface area contributed by atoms with Crippen molar-refractivity contribution < 1.29 is 4.74 Å². The van der Waals surface area contributed by atoms with Crippen LogP contribution in [-0.4, -0.2) is 227 Å². The van der Waals surface area contributed by atoms with Crippen molar-refractivity contribution in [1.29, 1.82) is 0 Å². The van der Waals surface area contributed by atoms with E-state index in [4.69, 9.17) is 22.8 Å². The first kappa shape index (κ1) is 47.8. The number of nitrogens with zero attached hydrogens (tertiary/aromatic N) is 15. The molecule has 0 unspecified atom stereocenters. The zero-order chi connectivity index (χ0) is 37.5. The van der Waals surface area contributed by atoms with Crippen LogP contribution in [0.2, 0.25) is 0 Å². The van der Waals surface area contributed by atoms with Crippen LogP contribution in [0.3, 0.4) is 0 Å². The number of methoxy groups -OCH3 is 1. The van der Waals surface area contributed by atoms with E-state index in [1.165, 1.54) is 0 Å². The molecule has 0 bridgehead atoms. The quantitative estimate of drug-likeness (QED) is 0.146. The molecule has 0 radical (unpaired) electrons. The molecule has 286 valence electrons. The van der Waals surface area contributed by atoms with E-state index in [1.807, 2.05) is 0 Å². The van der Waals surface area contributed by atoms with Gasteiger partial charge in [0, 0.05) is 0 Å². The van der Waals surface area contributed by atoms with Crippen LogP contribution in [0.4, 0.5) is 0 Å². The Bertz CT molecular complexity index is 993. The molecule has 0 aromatic heterocycles. The first-order chi connectivity index (χ1) is 21.3. The molecule has 0 aliphatic heterocycles. The molecule has 0 aliphatic rings. The van der Waals surface area contributed by atoms with Crippen LogP contribution in [0.1, 0.15) is 0 Å². The summed E-state index contributed by atoms with van der Waals surface area (Å²) in [6.07, 6.45) is 0. The Balaban J connectivity index is 10.1. The third-order valence-electron chi connectivity index (χ3n) is 7.65. The first-order valence-electron chi connectivity index (χ1n) is 15.5. The van der Waals surface area contributed by atoms with Crippen molar-refractivity contribution in [3.8, 4) is 0 Å². The minimum absolute atomic E-state index is 0.539. The molecule has 17 nitrogen and oxygen atoms in total. The van der Waals surface area contributed by atoms with Crippen LogP contribution in [0.25, 0.3) is 0 Å². The van der Waals surface area contributed by atoms with Gasteiger partial charge in [-0.25, -0.2) is 0 Å². The van der Waals surface area contributed by atoms with Gasteiger partial charge in [0.2, 0.25) is 0 Å². The van der Waals surface area contributed by atoms with E-state index in [1.54, 1.807) is 7.11 Å². The zero-order valence-electron chi connectivity index (χ0n) is 34.3. The second-order valence-corrected chi connectivity index (χ2v) is 31.3. The molecule has 0 aromatic rings. The van der Waals surface area contributed by atoms with Crippen molar-refractivity contribution in [2.75, 3.05) is 175 Å². The molecule has 0 spiro atoms. The fourth-order valence-electron chi connectivity index (χ4n) is 6.02. The van der Waals surface area contributed by atoms with E-state index >= 15 is 0 Å². The Morgan fingerprint density at radius 2 is 0.638 bits per heavy atom. The summed E-state index contributed by atoms with van der Waals surface area (Å²) in [5.41, 5.74) is 0. The maximum atomic E-state index is 6.11. The van der Waals surface area contributed by atoms with E-state index in [0.29, 0.717) is 13.2 Å². The number of hydrogen-bond donors (Lipinski definition) is 1. The van der Waals surface area contributed by atoms with Crippen LogP contribution in [-0.2, 0) is 4.74 Å². The molecule has 47 heavy (non-hydrogen) atoms. The molecule has 0 rings (SSSR count). The molecule has 0 saturated carbocycles. The monoisotopic (exact) mass is 770 g/mol. The van der Waals surface area contributed by atoms with Gasteiger partial charge in [-0.05, 0) is 0 Å². The molecular weight excluding hydrogens is 695 g/mol. The number of ether oxygens (including phenoxy) is 1. The van der Waals surface area contributed by atoms with Gasteiger partial charge in [0.25, 0.3) is 0 Å². The number of nitrogens with one attached hydrogen (secondary N) is 1. The van der Waals surface area contributed by atoms with Crippen LogP contribution < -0.4 is 5.09 Å². The summed E-state index contributed by atoms with van der Waals surface area (Å²) in [4.78, 5) is 0. The summed E-state index contributed by atoms with van der Waals surface area (Å²) in [5.74, 6) is 0. The molecule has 0 saturated heterocycles. The molecule has 0 atom stereocenters. The van der Waals surface area contributed by atoms with E-state index in [-0.39, 0.29) is 0 Å². The zero-order valence-corrected chi connectivity index (χ0v) is 38.9. The van der Waals surface area contributed by atoms with Crippen LogP contribution in [0.5, 0.6) is 0 Å². The van der Waals surface area contributed by atoms with Crippen LogP contribution in [0, 0.1) is 0 Å². The molecule has 22 heteroatoms. The van der Waals surface area contributed by atoms with Gasteiger partial charge in [-0.1, -0.05) is 0 Å². The van der Waals surface area contributed by atoms with Gasteiger partial charge in [0.05, 0.1) is 0 Å². The standard InChI is InChI=1S/C25H75N16OP5/c1-31(2)44(32(3)4,26-24-25-42-23)27-43(28-45(33(5)6,34(7)8)35(9)10,29-46(36(11)12,37(13)14)38(15)16)30-47(39(17)18,40(19)20)41(21)22/h26,43H,24-25H2,1-23H3. The van der Waals surface area contributed by atoms with Gasteiger partial charge in [0.1, 0.15) is 0 Å². The Labute approximate surface area is 291 Å². The Morgan fingerprint density at radius 3 is 0.809 bits per heavy atom. The summed E-state index contributed by atoms with van der Waals surface area (Å²) in [5, 5.41) is 3.85. The van der Waals surface area contributed by atoms with Crippen molar-refractivity contribution in [3.63, 3.8) is 0 Å². The summed E-state index contributed by atoms with van der Waals surface area (Å²) in [6, 6.07) is 0. The molecule has 1 N–H and O–H groups in total.